The Morgan fingerprint density at radius 3 is 2.41 bits per heavy atom. The number of fused-ring (bicyclic) bond motifs is 1. The molecule has 1 aliphatic heterocycles. The number of carbonyl (C=O) groups excluding carboxylic acids is 1. The van der Waals surface area contributed by atoms with Crippen molar-refractivity contribution in [3.8, 4) is 0 Å². The number of morpholine rings is 1. The number of hydrogen-bond donors (Lipinski definition) is 2. The van der Waals surface area contributed by atoms with Crippen LogP contribution < -0.4 is 15.5 Å². The van der Waals surface area contributed by atoms with Gasteiger partial charge in [-0.05, 0) is 68.0 Å². The zero-order chi connectivity index (χ0) is 25.8. The highest BCUT2D eigenvalue weighted by Crippen LogP contribution is 2.34. The van der Waals surface area contributed by atoms with Crippen molar-refractivity contribution in [2.45, 2.75) is 37.9 Å². The molecule has 1 aromatic heterocycles. The fourth-order valence-corrected chi connectivity index (χ4v) is 5.15. The van der Waals surface area contributed by atoms with Crippen molar-refractivity contribution < 1.29 is 22.7 Å². The van der Waals surface area contributed by atoms with E-state index in [9.17, 15) is 18.0 Å². The van der Waals surface area contributed by atoms with Crippen LogP contribution in [0.15, 0.2) is 54.6 Å². The number of para-hydroxylation sites is 1. The summed E-state index contributed by atoms with van der Waals surface area (Å²) in [7, 11) is 0. The molecule has 0 spiro atoms. The van der Waals surface area contributed by atoms with Crippen LogP contribution in [0.2, 0.25) is 0 Å². The van der Waals surface area contributed by atoms with Gasteiger partial charge in [0.05, 0.1) is 18.7 Å². The van der Waals surface area contributed by atoms with Crippen molar-refractivity contribution in [2.24, 2.45) is 5.92 Å². The van der Waals surface area contributed by atoms with E-state index in [1.165, 1.54) is 0 Å². The standard InChI is InChI=1S/C28H31F3N4O2/c29-28(30,31)26-17-25(23-3-1-2-4-24(23)34-26)32-18-19-5-9-21(10-6-19)33-27(36)20-7-11-22(12-8-20)35-13-15-37-16-14-35/h1-4,7-8,11-12,17,19,21H,5-6,9-10,13-16,18H2,(H,32,34)(H,33,36)/t19-,21+. The first-order valence-corrected chi connectivity index (χ1v) is 12.8. The second kappa shape index (κ2) is 11.0. The molecule has 6 nitrogen and oxygen atoms in total. The van der Waals surface area contributed by atoms with Crippen molar-refractivity contribution in [1.82, 2.24) is 10.3 Å². The molecule has 196 valence electrons. The van der Waals surface area contributed by atoms with Crippen LogP contribution in [0.5, 0.6) is 0 Å². The Morgan fingerprint density at radius 1 is 1.00 bits per heavy atom. The lowest BCUT2D eigenvalue weighted by Gasteiger charge is -2.30. The van der Waals surface area contributed by atoms with Gasteiger partial charge in [-0.25, -0.2) is 4.98 Å². The maximum Gasteiger partial charge on any atom is 0.433 e. The number of carbonyl (C=O) groups is 1. The molecular weight excluding hydrogens is 481 g/mol. The molecule has 1 amide bonds. The molecule has 1 saturated carbocycles. The molecule has 0 radical (unpaired) electrons. The Labute approximate surface area is 214 Å². The minimum atomic E-state index is -4.50. The van der Waals surface area contributed by atoms with E-state index in [2.05, 4.69) is 20.5 Å². The van der Waals surface area contributed by atoms with Gasteiger partial charge in [-0.2, -0.15) is 13.2 Å². The third-order valence-corrected chi connectivity index (χ3v) is 7.28. The van der Waals surface area contributed by atoms with Crippen LogP contribution in [0.25, 0.3) is 10.9 Å². The summed E-state index contributed by atoms with van der Waals surface area (Å²) in [6.45, 7) is 3.71. The maximum absolute atomic E-state index is 13.3. The van der Waals surface area contributed by atoms with E-state index in [0.29, 0.717) is 47.8 Å². The van der Waals surface area contributed by atoms with Gasteiger partial charge in [0.25, 0.3) is 5.91 Å². The average molecular weight is 513 g/mol. The minimum Gasteiger partial charge on any atom is -0.384 e. The van der Waals surface area contributed by atoms with Crippen molar-refractivity contribution in [2.75, 3.05) is 43.1 Å². The topological polar surface area (TPSA) is 66.5 Å². The number of nitrogens with one attached hydrogen (secondary N) is 2. The van der Waals surface area contributed by atoms with Gasteiger partial charge in [0, 0.05) is 48.0 Å². The molecule has 2 N–H and O–H groups in total. The number of ether oxygens (including phenoxy) is 1. The summed E-state index contributed by atoms with van der Waals surface area (Å²) < 4.78 is 45.4. The Kier molecular flexibility index (Phi) is 7.50. The van der Waals surface area contributed by atoms with Crippen LogP contribution in [0.3, 0.4) is 0 Å². The Balaban J connectivity index is 1.13. The Hall–Kier alpha value is -3.33. The molecule has 3 aromatic rings. The quantitative estimate of drug-likeness (QED) is 0.457. The lowest BCUT2D eigenvalue weighted by atomic mass is 9.85. The molecule has 1 aliphatic carbocycles. The van der Waals surface area contributed by atoms with Gasteiger partial charge in [-0.1, -0.05) is 18.2 Å². The number of aromatic nitrogens is 1. The third-order valence-electron chi connectivity index (χ3n) is 7.28. The van der Waals surface area contributed by atoms with Gasteiger partial charge in [-0.15, -0.1) is 0 Å². The SMILES string of the molecule is O=C(N[C@H]1CC[C@@H](CNc2cc(C(F)(F)F)nc3ccccc23)CC1)c1ccc(N2CCOCC2)cc1. The summed E-state index contributed by atoms with van der Waals surface area (Å²) in [6, 6.07) is 15.8. The number of pyridine rings is 1. The summed E-state index contributed by atoms with van der Waals surface area (Å²) >= 11 is 0. The van der Waals surface area contributed by atoms with E-state index in [-0.39, 0.29) is 11.9 Å². The first-order valence-electron chi connectivity index (χ1n) is 12.8. The molecular formula is C28H31F3N4O2. The Bertz CT molecular complexity index is 1220. The molecule has 2 aromatic carbocycles. The summed E-state index contributed by atoms with van der Waals surface area (Å²) in [4.78, 5) is 18.8. The van der Waals surface area contributed by atoms with Crippen LogP contribution in [0, 0.1) is 5.92 Å². The van der Waals surface area contributed by atoms with E-state index in [1.54, 1.807) is 24.3 Å². The highest BCUT2D eigenvalue weighted by Gasteiger charge is 2.33. The smallest absolute Gasteiger partial charge is 0.384 e. The molecule has 0 unspecified atom stereocenters. The van der Waals surface area contributed by atoms with Gasteiger partial charge in [0.15, 0.2) is 0 Å². The molecule has 37 heavy (non-hydrogen) atoms. The number of hydrogen-bond acceptors (Lipinski definition) is 5. The second-order valence-electron chi connectivity index (χ2n) is 9.79. The molecule has 2 heterocycles. The lowest BCUT2D eigenvalue weighted by Crippen LogP contribution is -2.38. The summed E-state index contributed by atoms with van der Waals surface area (Å²) in [6.07, 6.45) is -1.03. The maximum atomic E-state index is 13.3. The van der Waals surface area contributed by atoms with Crippen LogP contribution in [-0.4, -0.2) is 49.8 Å². The fourth-order valence-electron chi connectivity index (χ4n) is 5.15. The van der Waals surface area contributed by atoms with Gasteiger partial charge in [0.1, 0.15) is 5.69 Å². The number of halogens is 3. The third kappa shape index (κ3) is 6.15. The largest absolute Gasteiger partial charge is 0.433 e. The van der Waals surface area contributed by atoms with E-state index >= 15 is 0 Å². The minimum absolute atomic E-state index is 0.0713. The number of anilines is 2. The molecule has 2 fully saturated rings. The van der Waals surface area contributed by atoms with E-state index in [4.69, 9.17) is 4.74 Å². The second-order valence-corrected chi connectivity index (χ2v) is 9.79. The number of benzene rings is 2. The lowest BCUT2D eigenvalue weighted by molar-refractivity contribution is -0.140. The van der Waals surface area contributed by atoms with Crippen LogP contribution in [0.1, 0.15) is 41.7 Å². The van der Waals surface area contributed by atoms with Gasteiger partial charge >= 0.3 is 6.18 Å². The van der Waals surface area contributed by atoms with Crippen molar-refractivity contribution >= 4 is 28.2 Å². The summed E-state index contributed by atoms with van der Waals surface area (Å²) in [5, 5.41) is 7.07. The summed E-state index contributed by atoms with van der Waals surface area (Å²) in [5.41, 5.74) is 1.62. The monoisotopic (exact) mass is 512 g/mol. The molecule has 1 saturated heterocycles. The van der Waals surface area contributed by atoms with Crippen LogP contribution in [-0.2, 0) is 10.9 Å². The molecule has 9 heteroatoms. The van der Waals surface area contributed by atoms with Crippen molar-refractivity contribution in [3.05, 3.63) is 65.9 Å². The normalized spacial score (nSPS) is 20.6. The van der Waals surface area contributed by atoms with Gasteiger partial charge in [0.2, 0.25) is 0 Å². The van der Waals surface area contributed by atoms with Crippen molar-refractivity contribution in [1.29, 1.82) is 0 Å². The predicted molar refractivity (Wildman–Crippen MR) is 138 cm³/mol. The average Bonchev–Trinajstić information content (AvgIpc) is 2.92. The molecule has 5 rings (SSSR count). The zero-order valence-corrected chi connectivity index (χ0v) is 20.6. The van der Waals surface area contributed by atoms with Crippen LogP contribution in [0.4, 0.5) is 24.5 Å². The van der Waals surface area contributed by atoms with Gasteiger partial charge in [-0.3, -0.25) is 4.79 Å². The van der Waals surface area contributed by atoms with Crippen molar-refractivity contribution in [3.63, 3.8) is 0 Å². The number of alkyl halides is 3. The van der Waals surface area contributed by atoms with E-state index in [1.807, 2.05) is 24.3 Å². The molecule has 0 bridgehead atoms. The molecule has 0 atom stereocenters. The first-order chi connectivity index (χ1) is 17.9. The van der Waals surface area contributed by atoms with E-state index in [0.717, 1.165) is 50.5 Å². The highest BCUT2D eigenvalue weighted by molar-refractivity contribution is 5.94. The molecule has 2 aliphatic rings. The number of rotatable bonds is 6. The van der Waals surface area contributed by atoms with Crippen LogP contribution >= 0.6 is 0 Å². The first kappa shape index (κ1) is 25.3. The Morgan fingerprint density at radius 2 is 1.70 bits per heavy atom. The number of nitrogens with zero attached hydrogens (tertiary/aromatic N) is 2. The predicted octanol–water partition coefficient (Wildman–Crippen LogP) is 5.49. The van der Waals surface area contributed by atoms with Gasteiger partial charge < -0.3 is 20.3 Å². The fraction of sp³-hybridized carbons (Fsp3) is 0.429. The highest BCUT2D eigenvalue weighted by atomic mass is 19.4. The van der Waals surface area contributed by atoms with E-state index < -0.39 is 11.9 Å². The number of amides is 1. The zero-order valence-electron chi connectivity index (χ0n) is 20.6. The summed E-state index contributed by atoms with van der Waals surface area (Å²) in [5.74, 6) is 0.250.